The molecule has 0 N–H and O–H groups in total. The number of unbranched alkanes of at least 4 members (excludes halogenated alkanes) is 8. The monoisotopic (exact) mass is 470 g/mol. The number of rotatable bonds is 21. The third-order valence-corrected chi connectivity index (χ3v) is 6.65. The Balaban J connectivity index is 3.74. The van der Waals surface area contributed by atoms with Gasteiger partial charge in [-0.2, -0.15) is 0 Å². The van der Waals surface area contributed by atoms with Crippen LogP contribution in [0.2, 0.25) is 0 Å². The molecule has 5 nitrogen and oxygen atoms in total. The standard InChI is InChI=1S/C28H54O5/c1-8-32-25(29)27(3,4)22-18-14-10-12-16-20-24(31-7)21-17-13-11-15-19-23-28(5,6)26(30)33-9-2/h24H,8-23H2,1-7H3. The minimum Gasteiger partial charge on any atom is -0.466 e. The Hall–Kier alpha value is -1.10. The van der Waals surface area contributed by atoms with Crippen LogP contribution in [0.15, 0.2) is 0 Å². The zero-order chi connectivity index (χ0) is 25.2. The van der Waals surface area contributed by atoms with Crippen molar-refractivity contribution >= 4 is 11.9 Å². The fourth-order valence-corrected chi connectivity index (χ4v) is 4.18. The maximum absolute atomic E-state index is 11.9. The first-order valence-corrected chi connectivity index (χ1v) is 13.5. The van der Waals surface area contributed by atoms with Gasteiger partial charge in [0.15, 0.2) is 0 Å². The summed E-state index contributed by atoms with van der Waals surface area (Å²) in [5, 5.41) is 0. The van der Waals surface area contributed by atoms with E-state index in [0.29, 0.717) is 19.3 Å². The van der Waals surface area contributed by atoms with Crippen molar-refractivity contribution in [2.24, 2.45) is 10.8 Å². The van der Waals surface area contributed by atoms with Crippen molar-refractivity contribution in [1.29, 1.82) is 0 Å². The van der Waals surface area contributed by atoms with Gasteiger partial charge in [0, 0.05) is 7.11 Å². The van der Waals surface area contributed by atoms with Crippen LogP contribution in [-0.4, -0.2) is 38.4 Å². The van der Waals surface area contributed by atoms with Crippen LogP contribution >= 0.6 is 0 Å². The topological polar surface area (TPSA) is 61.8 Å². The zero-order valence-corrected chi connectivity index (χ0v) is 22.9. The van der Waals surface area contributed by atoms with Gasteiger partial charge in [-0.1, -0.05) is 64.2 Å². The molecule has 0 aromatic heterocycles. The summed E-state index contributed by atoms with van der Waals surface area (Å²) >= 11 is 0. The molecule has 5 heteroatoms. The average Bonchev–Trinajstić information content (AvgIpc) is 2.76. The van der Waals surface area contributed by atoms with Gasteiger partial charge in [-0.15, -0.1) is 0 Å². The summed E-state index contributed by atoms with van der Waals surface area (Å²) < 4.78 is 16.0. The van der Waals surface area contributed by atoms with Crippen molar-refractivity contribution in [2.45, 2.75) is 138 Å². The van der Waals surface area contributed by atoms with E-state index in [1.54, 1.807) is 0 Å². The molecule has 0 fully saturated rings. The fourth-order valence-electron chi connectivity index (χ4n) is 4.18. The number of hydrogen-bond donors (Lipinski definition) is 0. The molecular formula is C28H54O5. The molecule has 0 bridgehead atoms. The molecule has 0 amide bonds. The number of methoxy groups -OCH3 is 1. The predicted octanol–water partition coefficient (Wildman–Crippen LogP) is 7.64. The molecule has 0 aliphatic heterocycles. The number of ether oxygens (including phenoxy) is 3. The molecule has 196 valence electrons. The Morgan fingerprint density at radius 1 is 0.606 bits per heavy atom. The van der Waals surface area contributed by atoms with Gasteiger partial charge in [-0.3, -0.25) is 9.59 Å². The van der Waals surface area contributed by atoms with E-state index in [0.717, 1.165) is 38.5 Å². The van der Waals surface area contributed by atoms with Gasteiger partial charge < -0.3 is 14.2 Å². The van der Waals surface area contributed by atoms with Gasteiger partial charge in [0.05, 0.1) is 30.1 Å². The Kier molecular flexibility index (Phi) is 17.6. The molecular weight excluding hydrogens is 416 g/mol. The normalized spacial score (nSPS) is 12.2. The Bertz CT molecular complexity index is 468. The van der Waals surface area contributed by atoms with Crippen LogP contribution in [0, 0.1) is 10.8 Å². The average molecular weight is 471 g/mol. The molecule has 0 unspecified atom stereocenters. The smallest absolute Gasteiger partial charge is 0.311 e. The molecule has 0 atom stereocenters. The third kappa shape index (κ3) is 15.4. The van der Waals surface area contributed by atoms with E-state index in [-0.39, 0.29) is 22.8 Å². The lowest BCUT2D eigenvalue weighted by Crippen LogP contribution is -2.26. The molecule has 0 radical (unpaired) electrons. The second-order valence-electron chi connectivity index (χ2n) is 10.7. The van der Waals surface area contributed by atoms with Crippen LogP contribution in [0.25, 0.3) is 0 Å². The molecule has 33 heavy (non-hydrogen) atoms. The number of carbonyl (C=O) groups excluding carboxylic acids is 2. The van der Waals surface area contributed by atoms with Crippen molar-refractivity contribution < 1.29 is 23.8 Å². The first-order valence-electron chi connectivity index (χ1n) is 13.5. The van der Waals surface area contributed by atoms with Gasteiger partial charge in [-0.05, 0) is 67.2 Å². The summed E-state index contributed by atoms with van der Waals surface area (Å²) in [5.41, 5.74) is -0.734. The van der Waals surface area contributed by atoms with Crippen molar-refractivity contribution in [3.8, 4) is 0 Å². The van der Waals surface area contributed by atoms with Gasteiger partial charge >= 0.3 is 11.9 Å². The van der Waals surface area contributed by atoms with Gasteiger partial charge in [0.2, 0.25) is 0 Å². The number of hydrogen-bond acceptors (Lipinski definition) is 5. The fraction of sp³-hybridized carbons (Fsp3) is 0.929. The zero-order valence-electron chi connectivity index (χ0n) is 22.9. The van der Waals surface area contributed by atoms with Crippen LogP contribution in [0.3, 0.4) is 0 Å². The molecule has 0 heterocycles. The molecule has 0 saturated heterocycles. The van der Waals surface area contributed by atoms with E-state index in [1.807, 2.05) is 48.7 Å². The molecule has 0 aliphatic carbocycles. The molecule has 0 aliphatic rings. The lowest BCUT2D eigenvalue weighted by molar-refractivity contribution is -0.154. The van der Waals surface area contributed by atoms with Crippen molar-refractivity contribution in [2.75, 3.05) is 20.3 Å². The molecule has 0 saturated carbocycles. The van der Waals surface area contributed by atoms with Crippen molar-refractivity contribution in [3.05, 3.63) is 0 Å². The van der Waals surface area contributed by atoms with E-state index < -0.39 is 0 Å². The van der Waals surface area contributed by atoms with E-state index in [9.17, 15) is 9.59 Å². The Morgan fingerprint density at radius 2 is 0.939 bits per heavy atom. The maximum atomic E-state index is 11.9. The van der Waals surface area contributed by atoms with Crippen LogP contribution in [0.4, 0.5) is 0 Å². The Morgan fingerprint density at radius 3 is 1.27 bits per heavy atom. The van der Waals surface area contributed by atoms with Crippen molar-refractivity contribution in [3.63, 3.8) is 0 Å². The molecule has 0 rings (SSSR count). The second kappa shape index (κ2) is 18.3. The van der Waals surface area contributed by atoms with Crippen LogP contribution in [0.5, 0.6) is 0 Å². The largest absolute Gasteiger partial charge is 0.466 e. The summed E-state index contributed by atoms with van der Waals surface area (Å²) in [6, 6.07) is 0. The third-order valence-electron chi connectivity index (χ3n) is 6.65. The summed E-state index contributed by atoms with van der Waals surface area (Å²) in [6.07, 6.45) is 16.3. The number of esters is 2. The first kappa shape index (κ1) is 31.9. The quantitative estimate of drug-likeness (QED) is 0.127. The Labute approximate surface area is 204 Å². The van der Waals surface area contributed by atoms with E-state index in [4.69, 9.17) is 14.2 Å². The lowest BCUT2D eigenvalue weighted by Gasteiger charge is -2.22. The van der Waals surface area contributed by atoms with Crippen LogP contribution < -0.4 is 0 Å². The van der Waals surface area contributed by atoms with Gasteiger partial charge in [0.25, 0.3) is 0 Å². The minimum atomic E-state index is -0.367. The highest BCUT2D eigenvalue weighted by Gasteiger charge is 2.29. The maximum Gasteiger partial charge on any atom is 0.311 e. The van der Waals surface area contributed by atoms with E-state index in [2.05, 4.69) is 0 Å². The number of carbonyl (C=O) groups is 2. The molecule has 0 aromatic rings. The second-order valence-corrected chi connectivity index (χ2v) is 10.7. The first-order chi connectivity index (χ1) is 15.6. The van der Waals surface area contributed by atoms with Gasteiger partial charge in [-0.25, -0.2) is 0 Å². The lowest BCUT2D eigenvalue weighted by atomic mass is 9.87. The highest BCUT2D eigenvalue weighted by atomic mass is 16.5. The predicted molar refractivity (Wildman–Crippen MR) is 136 cm³/mol. The molecule has 0 spiro atoms. The molecule has 0 aromatic carbocycles. The highest BCUT2D eigenvalue weighted by Crippen LogP contribution is 2.27. The van der Waals surface area contributed by atoms with Gasteiger partial charge in [0.1, 0.15) is 0 Å². The highest BCUT2D eigenvalue weighted by molar-refractivity contribution is 5.76. The minimum absolute atomic E-state index is 0.0755. The SMILES string of the molecule is CCOC(=O)C(C)(C)CCCCCCCC(CCCCCCCC(C)(C)C(=O)OCC)OC. The van der Waals surface area contributed by atoms with Crippen LogP contribution in [-0.2, 0) is 23.8 Å². The van der Waals surface area contributed by atoms with Crippen molar-refractivity contribution in [1.82, 2.24) is 0 Å². The summed E-state index contributed by atoms with van der Waals surface area (Å²) in [5.74, 6) is -0.151. The summed E-state index contributed by atoms with van der Waals surface area (Å²) in [6.45, 7) is 12.6. The van der Waals surface area contributed by atoms with Crippen LogP contribution in [0.1, 0.15) is 131 Å². The van der Waals surface area contributed by atoms with E-state index >= 15 is 0 Å². The van der Waals surface area contributed by atoms with E-state index in [1.165, 1.54) is 51.4 Å². The summed E-state index contributed by atoms with van der Waals surface area (Å²) in [7, 11) is 1.83. The summed E-state index contributed by atoms with van der Waals surface area (Å²) in [4.78, 5) is 23.9.